The number of rotatable bonds is 3. The van der Waals surface area contributed by atoms with E-state index in [1.165, 1.54) is 0 Å². The van der Waals surface area contributed by atoms with Crippen molar-refractivity contribution in [1.29, 1.82) is 0 Å². The average Bonchev–Trinajstić information content (AvgIpc) is 2.84. The van der Waals surface area contributed by atoms with E-state index < -0.39 is 22.8 Å². The van der Waals surface area contributed by atoms with Crippen molar-refractivity contribution in [2.75, 3.05) is 7.11 Å². The van der Waals surface area contributed by atoms with E-state index in [-0.39, 0.29) is 23.4 Å². The van der Waals surface area contributed by atoms with Gasteiger partial charge in [-0.3, -0.25) is 4.79 Å². The van der Waals surface area contributed by atoms with Gasteiger partial charge in [0, 0.05) is 12.5 Å². The third kappa shape index (κ3) is 2.57. The van der Waals surface area contributed by atoms with Crippen molar-refractivity contribution in [3.05, 3.63) is 0 Å². The van der Waals surface area contributed by atoms with Gasteiger partial charge in [-0.1, -0.05) is 27.2 Å². The molecule has 0 bridgehead atoms. The van der Waals surface area contributed by atoms with Gasteiger partial charge in [0.2, 0.25) is 0 Å². The topological polar surface area (TPSA) is 76.0 Å². The molecule has 0 unspecified atom stereocenters. The molecule has 2 aliphatic carbocycles. The predicted molar refractivity (Wildman–Crippen MR) is 99.0 cm³/mol. The number of carboxylic acids is 1. The van der Waals surface area contributed by atoms with Gasteiger partial charge in [-0.2, -0.15) is 0 Å². The summed E-state index contributed by atoms with van der Waals surface area (Å²) < 4.78 is 12.5. The highest BCUT2D eigenvalue weighted by atomic mass is 16.6. The highest BCUT2D eigenvalue weighted by molar-refractivity contribution is 5.68. The second-order valence-corrected chi connectivity index (χ2v) is 10.4. The number of hydrogen-bond donors (Lipinski definition) is 2. The smallest absolute Gasteiger partial charge is 0.306 e. The molecule has 5 nitrogen and oxygen atoms in total. The summed E-state index contributed by atoms with van der Waals surface area (Å²) in [4.78, 5) is 11.4. The zero-order valence-corrected chi connectivity index (χ0v) is 17.2. The van der Waals surface area contributed by atoms with Crippen molar-refractivity contribution in [2.45, 2.75) is 102 Å². The van der Waals surface area contributed by atoms with Crippen LogP contribution in [0.4, 0.5) is 0 Å². The molecule has 0 aromatic heterocycles. The lowest BCUT2D eigenvalue weighted by molar-refractivity contribution is -0.326. The normalized spacial score (nSPS) is 50.6. The van der Waals surface area contributed by atoms with E-state index in [1.54, 1.807) is 7.11 Å². The highest BCUT2D eigenvalue weighted by Gasteiger charge is 2.73. The van der Waals surface area contributed by atoms with Crippen molar-refractivity contribution in [3.8, 4) is 0 Å². The molecule has 0 aromatic rings. The van der Waals surface area contributed by atoms with Gasteiger partial charge >= 0.3 is 5.97 Å². The molecule has 2 N–H and O–H groups in total. The Kier molecular flexibility index (Phi) is 4.58. The van der Waals surface area contributed by atoms with Gasteiger partial charge in [0.25, 0.3) is 0 Å². The maximum Gasteiger partial charge on any atom is 0.306 e. The Bertz CT molecular complexity index is 585. The number of ether oxygens (including phenoxy) is 2. The first-order valence-corrected chi connectivity index (χ1v) is 10.0. The summed E-state index contributed by atoms with van der Waals surface area (Å²) in [5, 5.41) is 21.1. The van der Waals surface area contributed by atoms with E-state index in [9.17, 15) is 15.0 Å². The lowest BCUT2D eigenvalue weighted by Gasteiger charge is -2.67. The molecule has 1 saturated heterocycles. The van der Waals surface area contributed by atoms with Crippen LogP contribution in [0.2, 0.25) is 0 Å². The van der Waals surface area contributed by atoms with Gasteiger partial charge in [0.1, 0.15) is 11.2 Å². The van der Waals surface area contributed by atoms with E-state index in [0.717, 1.165) is 25.7 Å². The second kappa shape index (κ2) is 5.92. The molecule has 0 radical (unpaired) electrons. The first kappa shape index (κ1) is 20.1. The molecule has 3 fully saturated rings. The van der Waals surface area contributed by atoms with Crippen LogP contribution in [0.3, 0.4) is 0 Å². The Morgan fingerprint density at radius 2 is 1.77 bits per heavy atom. The highest BCUT2D eigenvalue weighted by Crippen LogP contribution is 2.69. The van der Waals surface area contributed by atoms with Crippen LogP contribution in [0.5, 0.6) is 0 Å². The summed E-state index contributed by atoms with van der Waals surface area (Å²) in [6.07, 6.45) is 5.05. The zero-order chi connectivity index (χ0) is 19.6. The SMILES string of the molecule is CO[C@H]1C[C@@H]2C(C)(C)CCC[C@]2(C)[C@@]2(CC[C@](C)(CC(=O)O)O2)[C@]1(C)O. The van der Waals surface area contributed by atoms with Gasteiger partial charge in [-0.25, -0.2) is 0 Å². The molecule has 6 atom stereocenters. The Morgan fingerprint density at radius 3 is 2.35 bits per heavy atom. The molecular formula is C21H36O5. The van der Waals surface area contributed by atoms with E-state index in [1.807, 2.05) is 13.8 Å². The lowest BCUT2D eigenvalue weighted by Crippen LogP contribution is -2.74. The van der Waals surface area contributed by atoms with Gasteiger partial charge in [-0.15, -0.1) is 0 Å². The number of methoxy groups -OCH3 is 1. The molecule has 2 saturated carbocycles. The summed E-state index contributed by atoms with van der Waals surface area (Å²) >= 11 is 0. The summed E-state index contributed by atoms with van der Waals surface area (Å²) in [6, 6.07) is 0. The van der Waals surface area contributed by atoms with Crippen LogP contribution in [0.1, 0.15) is 79.6 Å². The minimum absolute atomic E-state index is 0.0351. The van der Waals surface area contributed by atoms with Crippen LogP contribution < -0.4 is 0 Å². The van der Waals surface area contributed by atoms with Crippen LogP contribution in [0.25, 0.3) is 0 Å². The van der Waals surface area contributed by atoms with Crippen molar-refractivity contribution in [3.63, 3.8) is 0 Å². The van der Waals surface area contributed by atoms with Crippen LogP contribution in [0.15, 0.2) is 0 Å². The molecule has 0 aromatic carbocycles. The summed E-state index contributed by atoms with van der Waals surface area (Å²) in [7, 11) is 1.66. The first-order valence-electron chi connectivity index (χ1n) is 10.0. The second-order valence-electron chi connectivity index (χ2n) is 10.4. The van der Waals surface area contributed by atoms with Crippen molar-refractivity contribution < 1.29 is 24.5 Å². The molecule has 1 spiro atoms. The number of carboxylic acid groups (broad SMARTS) is 1. The summed E-state index contributed by atoms with van der Waals surface area (Å²) in [5.41, 5.74) is -2.76. The fourth-order valence-electron chi connectivity index (χ4n) is 6.96. The third-order valence-corrected chi connectivity index (χ3v) is 8.28. The van der Waals surface area contributed by atoms with Gasteiger partial charge in [0.15, 0.2) is 0 Å². The Balaban J connectivity index is 2.11. The number of fused-ring (bicyclic) bond motifs is 2. The maximum atomic E-state index is 11.7. The van der Waals surface area contributed by atoms with E-state index in [0.29, 0.717) is 18.8 Å². The predicted octanol–water partition coefficient (Wildman–Crippen LogP) is 3.77. The fourth-order valence-corrected chi connectivity index (χ4v) is 6.96. The van der Waals surface area contributed by atoms with Crippen LogP contribution in [0, 0.1) is 16.7 Å². The Hall–Kier alpha value is -0.650. The Labute approximate surface area is 157 Å². The average molecular weight is 369 g/mol. The fraction of sp³-hybridized carbons (Fsp3) is 0.952. The molecule has 1 heterocycles. The number of hydrogen-bond acceptors (Lipinski definition) is 4. The molecule has 1 aliphatic heterocycles. The van der Waals surface area contributed by atoms with E-state index in [4.69, 9.17) is 9.47 Å². The summed E-state index contributed by atoms with van der Waals surface area (Å²) in [5.74, 6) is -0.491. The Morgan fingerprint density at radius 1 is 1.12 bits per heavy atom. The van der Waals surface area contributed by atoms with Gasteiger partial charge in [-0.05, 0) is 57.3 Å². The van der Waals surface area contributed by atoms with Gasteiger partial charge in [0.05, 0.1) is 18.1 Å². The molecule has 3 aliphatic rings. The molecule has 3 rings (SSSR count). The van der Waals surface area contributed by atoms with Crippen molar-refractivity contribution >= 4 is 5.97 Å². The zero-order valence-electron chi connectivity index (χ0n) is 17.2. The standard InChI is InChI=1S/C21H36O5/c1-17(2)8-7-9-19(4)14(17)12-15(25-6)20(5,24)21(19)11-10-18(3,26-21)13-16(22)23/h14-15,24H,7-13H2,1-6H3,(H,22,23)/t14-,15+,18-,19+,20-,21+/m1/s1. The molecule has 5 heteroatoms. The number of carbonyl (C=O) groups is 1. The monoisotopic (exact) mass is 368 g/mol. The number of aliphatic hydroxyl groups is 1. The lowest BCUT2D eigenvalue weighted by atomic mass is 9.42. The quantitative estimate of drug-likeness (QED) is 0.793. The van der Waals surface area contributed by atoms with Crippen molar-refractivity contribution in [2.24, 2.45) is 16.7 Å². The van der Waals surface area contributed by atoms with Crippen molar-refractivity contribution in [1.82, 2.24) is 0 Å². The third-order valence-electron chi connectivity index (χ3n) is 8.28. The maximum absolute atomic E-state index is 11.7. The largest absolute Gasteiger partial charge is 0.481 e. The molecule has 150 valence electrons. The molecule has 26 heavy (non-hydrogen) atoms. The van der Waals surface area contributed by atoms with E-state index >= 15 is 0 Å². The summed E-state index contributed by atoms with van der Waals surface area (Å²) in [6.45, 7) is 10.6. The van der Waals surface area contributed by atoms with Crippen LogP contribution in [-0.4, -0.2) is 46.2 Å². The first-order chi connectivity index (χ1) is 11.8. The molecule has 0 amide bonds. The van der Waals surface area contributed by atoms with Gasteiger partial charge < -0.3 is 19.7 Å². The number of aliphatic carboxylic acids is 1. The van der Waals surface area contributed by atoms with Crippen LogP contribution >= 0.6 is 0 Å². The van der Waals surface area contributed by atoms with E-state index in [2.05, 4.69) is 20.8 Å². The van der Waals surface area contributed by atoms with Crippen LogP contribution in [-0.2, 0) is 14.3 Å². The minimum Gasteiger partial charge on any atom is -0.481 e. The molecular weight excluding hydrogens is 332 g/mol. The minimum atomic E-state index is -1.16.